The molecule has 6 heteroatoms. The van der Waals surface area contributed by atoms with Crippen molar-refractivity contribution in [1.29, 1.82) is 0 Å². The largest absolute Gasteiger partial charge is 0.271 e. The van der Waals surface area contributed by atoms with Gasteiger partial charge in [-0.15, -0.1) is 0 Å². The predicted molar refractivity (Wildman–Crippen MR) is 79.0 cm³/mol. The van der Waals surface area contributed by atoms with Crippen molar-refractivity contribution in [3.05, 3.63) is 68.9 Å². The first kappa shape index (κ1) is 16.0. The molecule has 0 spiro atoms. The van der Waals surface area contributed by atoms with E-state index in [-0.39, 0.29) is 16.5 Å². The van der Waals surface area contributed by atoms with Crippen LogP contribution >= 0.6 is 15.9 Å². The zero-order valence-corrected chi connectivity index (χ0v) is 12.8. The van der Waals surface area contributed by atoms with Gasteiger partial charge in [0, 0.05) is 5.56 Å². The number of hydrazine groups is 1. The van der Waals surface area contributed by atoms with E-state index in [1.807, 2.05) is 0 Å². The number of nitrogens with two attached hydrogens (primary N) is 1. The van der Waals surface area contributed by atoms with Gasteiger partial charge in [-0.25, -0.2) is 13.2 Å². The second kappa shape index (κ2) is 6.60. The lowest BCUT2D eigenvalue weighted by molar-refractivity contribution is 0.495. The summed E-state index contributed by atoms with van der Waals surface area (Å²) in [6, 6.07) is 6.26. The van der Waals surface area contributed by atoms with Crippen LogP contribution < -0.4 is 11.3 Å². The molecule has 0 saturated heterocycles. The van der Waals surface area contributed by atoms with E-state index in [0.717, 1.165) is 0 Å². The molecule has 2 aromatic carbocycles. The van der Waals surface area contributed by atoms with Gasteiger partial charge in [-0.3, -0.25) is 11.3 Å². The summed E-state index contributed by atoms with van der Waals surface area (Å²) in [6.07, 6.45) is -0.0312. The highest BCUT2D eigenvalue weighted by Gasteiger charge is 2.19. The molecule has 0 aliphatic heterocycles. The number of hydrogen-bond donors (Lipinski definition) is 2. The predicted octanol–water partition coefficient (Wildman–Crippen LogP) is 3.92. The second-order valence-electron chi connectivity index (χ2n) is 4.81. The Morgan fingerprint density at radius 1 is 1.19 bits per heavy atom. The van der Waals surface area contributed by atoms with E-state index in [0.29, 0.717) is 11.1 Å². The maximum absolute atomic E-state index is 14.0. The summed E-state index contributed by atoms with van der Waals surface area (Å²) in [4.78, 5) is 0. The molecule has 0 aliphatic carbocycles. The first-order valence-corrected chi connectivity index (χ1v) is 7.07. The van der Waals surface area contributed by atoms with Crippen molar-refractivity contribution < 1.29 is 13.2 Å². The van der Waals surface area contributed by atoms with Crippen molar-refractivity contribution in [3.63, 3.8) is 0 Å². The Morgan fingerprint density at radius 3 is 2.52 bits per heavy atom. The first-order chi connectivity index (χ1) is 9.92. The maximum Gasteiger partial charge on any atom is 0.143 e. The van der Waals surface area contributed by atoms with Gasteiger partial charge in [-0.05, 0) is 64.7 Å². The molecule has 1 unspecified atom stereocenters. The SMILES string of the molecule is Cc1cc(F)cc(C(Cc2c(F)ccc(Br)c2F)NN)c1. The highest BCUT2D eigenvalue weighted by atomic mass is 79.9. The van der Waals surface area contributed by atoms with Crippen molar-refractivity contribution in [2.45, 2.75) is 19.4 Å². The number of nitrogens with one attached hydrogen (secondary N) is 1. The summed E-state index contributed by atoms with van der Waals surface area (Å²) in [5.74, 6) is 3.71. The summed E-state index contributed by atoms with van der Waals surface area (Å²) >= 11 is 3.02. The van der Waals surface area contributed by atoms with E-state index in [1.54, 1.807) is 13.0 Å². The molecule has 2 aromatic rings. The van der Waals surface area contributed by atoms with Crippen LogP contribution in [0.5, 0.6) is 0 Å². The van der Waals surface area contributed by atoms with E-state index in [1.165, 1.54) is 24.3 Å². The van der Waals surface area contributed by atoms with Gasteiger partial charge in [-0.2, -0.15) is 0 Å². The first-order valence-electron chi connectivity index (χ1n) is 6.28. The normalized spacial score (nSPS) is 12.5. The fourth-order valence-electron chi connectivity index (χ4n) is 2.20. The van der Waals surface area contributed by atoms with Crippen molar-refractivity contribution in [3.8, 4) is 0 Å². The fraction of sp³-hybridized carbons (Fsp3) is 0.200. The Bertz CT molecular complexity index is 641. The van der Waals surface area contributed by atoms with Crippen molar-refractivity contribution in [2.75, 3.05) is 0 Å². The summed E-state index contributed by atoms with van der Waals surface area (Å²) in [5.41, 5.74) is 3.62. The highest BCUT2D eigenvalue weighted by molar-refractivity contribution is 9.10. The van der Waals surface area contributed by atoms with E-state index in [2.05, 4.69) is 21.4 Å². The third kappa shape index (κ3) is 3.64. The van der Waals surface area contributed by atoms with Crippen LogP contribution in [-0.2, 0) is 6.42 Å². The monoisotopic (exact) mass is 358 g/mol. The van der Waals surface area contributed by atoms with Gasteiger partial charge in [0.1, 0.15) is 17.5 Å². The Labute approximate surface area is 129 Å². The molecule has 2 nitrogen and oxygen atoms in total. The molecule has 0 bridgehead atoms. The molecule has 0 fully saturated rings. The third-order valence-corrected chi connectivity index (χ3v) is 3.83. The number of hydrogen-bond acceptors (Lipinski definition) is 2. The average Bonchev–Trinajstić information content (AvgIpc) is 2.42. The summed E-state index contributed by atoms with van der Waals surface area (Å²) in [7, 11) is 0. The van der Waals surface area contributed by atoms with E-state index >= 15 is 0 Å². The van der Waals surface area contributed by atoms with Gasteiger partial charge in [-0.1, -0.05) is 6.07 Å². The molecule has 0 aliphatic rings. The van der Waals surface area contributed by atoms with Crippen LogP contribution in [0.4, 0.5) is 13.2 Å². The Morgan fingerprint density at radius 2 is 1.90 bits per heavy atom. The van der Waals surface area contributed by atoms with Gasteiger partial charge in [0.2, 0.25) is 0 Å². The van der Waals surface area contributed by atoms with Crippen LogP contribution in [0.2, 0.25) is 0 Å². The van der Waals surface area contributed by atoms with Crippen LogP contribution in [0.1, 0.15) is 22.7 Å². The van der Waals surface area contributed by atoms with Crippen LogP contribution in [0.3, 0.4) is 0 Å². The topological polar surface area (TPSA) is 38.0 Å². The third-order valence-electron chi connectivity index (χ3n) is 3.22. The number of rotatable bonds is 4. The van der Waals surface area contributed by atoms with Gasteiger partial charge < -0.3 is 0 Å². The maximum atomic E-state index is 14.0. The number of halogens is 4. The Hall–Kier alpha value is -1.37. The van der Waals surface area contributed by atoms with Crippen LogP contribution in [0, 0.1) is 24.4 Å². The summed E-state index contributed by atoms with van der Waals surface area (Å²) < 4.78 is 41.4. The quantitative estimate of drug-likeness (QED) is 0.493. The summed E-state index contributed by atoms with van der Waals surface area (Å²) in [6.45, 7) is 1.74. The number of benzene rings is 2. The molecule has 21 heavy (non-hydrogen) atoms. The van der Waals surface area contributed by atoms with E-state index < -0.39 is 23.5 Å². The zero-order valence-electron chi connectivity index (χ0n) is 11.3. The fourth-order valence-corrected chi connectivity index (χ4v) is 2.57. The Kier molecular flexibility index (Phi) is 5.03. The molecule has 0 aromatic heterocycles. The minimum atomic E-state index is -0.677. The molecule has 1 atom stereocenters. The molecular weight excluding hydrogens is 345 g/mol. The minimum Gasteiger partial charge on any atom is -0.271 e. The average molecular weight is 359 g/mol. The molecule has 0 radical (unpaired) electrons. The van der Waals surface area contributed by atoms with Crippen LogP contribution in [-0.4, -0.2) is 0 Å². The summed E-state index contributed by atoms with van der Waals surface area (Å²) in [5, 5.41) is 0. The van der Waals surface area contributed by atoms with Gasteiger partial charge in [0.05, 0.1) is 10.5 Å². The van der Waals surface area contributed by atoms with Gasteiger partial charge >= 0.3 is 0 Å². The molecule has 3 N–H and O–H groups in total. The van der Waals surface area contributed by atoms with Gasteiger partial charge in [0.15, 0.2) is 0 Å². The van der Waals surface area contributed by atoms with E-state index in [9.17, 15) is 13.2 Å². The second-order valence-corrected chi connectivity index (χ2v) is 5.66. The van der Waals surface area contributed by atoms with E-state index in [4.69, 9.17) is 5.84 Å². The molecule has 0 amide bonds. The standard InChI is InChI=1S/C15H14BrF3N2/c1-8-4-9(6-10(17)5-8)14(21-20)7-11-13(18)3-2-12(16)15(11)19/h2-6,14,21H,7,20H2,1H3. The van der Waals surface area contributed by atoms with Crippen molar-refractivity contribution >= 4 is 15.9 Å². The van der Waals surface area contributed by atoms with Crippen molar-refractivity contribution in [2.24, 2.45) is 5.84 Å². The smallest absolute Gasteiger partial charge is 0.143 e. The van der Waals surface area contributed by atoms with Crippen LogP contribution in [0.15, 0.2) is 34.8 Å². The molecule has 2 rings (SSSR count). The minimum absolute atomic E-state index is 0.0312. The van der Waals surface area contributed by atoms with Crippen molar-refractivity contribution in [1.82, 2.24) is 5.43 Å². The molecular formula is C15H14BrF3N2. The molecule has 0 heterocycles. The Balaban J connectivity index is 2.38. The van der Waals surface area contributed by atoms with Crippen LogP contribution in [0.25, 0.3) is 0 Å². The zero-order chi connectivity index (χ0) is 15.6. The lowest BCUT2D eigenvalue weighted by Gasteiger charge is -2.18. The lowest BCUT2D eigenvalue weighted by Crippen LogP contribution is -2.30. The van der Waals surface area contributed by atoms with Gasteiger partial charge in [0.25, 0.3) is 0 Å². The molecule has 112 valence electrons. The lowest BCUT2D eigenvalue weighted by atomic mass is 9.97. The number of aryl methyl sites for hydroxylation is 1. The molecule has 0 saturated carbocycles. The highest BCUT2D eigenvalue weighted by Crippen LogP contribution is 2.27.